The topological polar surface area (TPSA) is 96.0 Å². The van der Waals surface area contributed by atoms with Crippen LogP contribution < -0.4 is 14.4 Å². The van der Waals surface area contributed by atoms with E-state index in [0.29, 0.717) is 17.9 Å². The van der Waals surface area contributed by atoms with Gasteiger partial charge in [-0.15, -0.1) is 0 Å². The van der Waals surface area contributed by atoms with Crippen molar-refractivity contribution < 1.29 is 22.7 Å². The molecule has 2 aromatic rings. The molecule has 1 N–H and O–H groups in total. The van der Waals surface area contributed by atoms with Gasteiger partial charge in [-0.2, -0.15) is 0 Å². The summed E-state index contributed by atoms with van der Waals surface area (Å²) in [5, 5.41) is 2.60. The van der Waals surface area contributed by atoms with E-state index in [1.54, 1.807) is 24.3 Å². The van der Waals surface area contributed by atoms with E-state index in [4.69, 9.17) is 4.74 Å². The summed E-state index contributed by atoms with van der Waals surface area (Å²) < 4.78 is 31.3. The van der Waals surface area contributed by atoms with Gasteiger partial charge in [-0.25, -0.2) is 8.42 Å². The summed E-state index contributed by atoms with van der Waals surface area (Å²) >= 11 is 0. The normalized spacial score (nSPS) is 12.0. The Bertz CT molecular complexity index is 1060. The summed E-state index contributed by atoms with van der Waals surface area (Å²) in [7, 11) is -0.786. The molecule has 0 heterocycles. The van der Waals surface area contributed by atoms with Crippen LogP contribution in [0.2, 0.25) is 0 Å². The van der Waals surface area contributed by atoms with Crippen LogP contribution >= 0.6 is 0 Å². The van der Waals surface area contributed by atoms with Crippen molar-refractivity contribution in [2.45, 2.75) is 32.9 Å². The van der Waals surface area contributed by atoms with Crippen LogP contribution in [0, 0.1) is 6.92 Å². The summed E-state index contributed by atoms with van der Waals surface area (Å²) in [5.41, 5.74) is 2.19. The molecule has 1 unspecified atom stereocenters. The van der Waals surface area contributed by atoms with E-state index in [9.17, 15) is 18.0 Å². The summed E-state index contributed by atoms with van der Waals surface area (Å²) in [6, 6.07) is 13.4. The molecule has 9 heteroatoms. The molecule has 0 fully saturated rings. The molecule has 2 aromatic carbocycles. The van der Waals surface area contributed by atoms with Gasteiger partial charge < -0.3 is 15.0 Å². The van der Waals surface area contributed by atoms with E-state index >= 15 is 0 Å². The van der Waals surface area contributed by atoms with Crippen molar-refractivity contribution in [2.24, 2.45) is 0 Å². The molecule has 0 aliphatic rings. The van der Waals surface area contributed by atoms with Crippen molar-refractivity contribution in [3.63, 3.8) is 0 Å². The van der Waals surface area contributed by atoms with Crippen molar-refractivity contribution in [3.05, 3.63) is 59.7 Å². The molecule has 0 radical (unpaired) electrons. The van der Waals surface area contributed by atoms with Crippen LogP contribution in [-0.2, 0) is 26.2 Å². The number of hydrogen-bond donors (Lipinski definition) is 1. The molecule has 0 bridgehead atoms. The Balaban J connectivity index is 2.44. The van der Waals surface area contributed by atoms with Crippen molar-refractivity contribution in [1.29, 1.82) is 0 Å². The smallest absolute Gasteiger partial charge is 0.244 e. The molecule has 0 spiro atoms. The van der Waals surface area contributed by atoms with Crippen molar-refractivity contribution in [2.75, 3.05) is 31.3 Å². The van der Waals surface area contributed by atoms with Crippen LogP contribution in [0.15, 0.2) is 48.5 Å². The van der Waals surface area contributed by atoms with Gasteiger partial charge in [-0.05, 0) is 31.0 Å². The standard InChI is InChI=1S/C23H31N3O5S/c1-6-21(23(28)24-3)25(15-18-10-7-9-17(2)13-18)22(27)16-26(32(5,29)30)19-11-8-12-20(14-19)31-4/h7-14,21H,6,15-16H2,1-5H3,(H,24,28). The van der Waals surface area contributed by atoms with Crippen LogP contribution in [0.1, 0.15) is 24.5 Å². The number of sulfonamides is 1. The van der Waals surface area contributed by atoms with Crippen LogP contribution in [0.5, 0.6) is 5.75 Å². The minimum atomic E-state index is -3.78. The molecule has 8 nitrogen and oxygen atoms in total. The lowest BCUT2D eigenvalue weighted by molar-refractivity contribution is -0.140. The maximum absolute atomic E-state index is 13.4. The van der Waals surface area contributed by atoms with E-state index < -0.39 is 28.5 Å². The quantitative estimate of drug-likeness (QED) is 0.586. The van der Waals surface area contributed by atoms with E-state index in [1.165, 1.54) is 19.1 Å². The van der Waals surface area contributed by atoms with Gasteiger partial charge in [0.2, 0.25) is 21.8 Å². The zero-order valence-electron chi connectivity index (χ0n) is 19.2. The number of anilines is 1. The second kappa shape index (κ2) is 11.0. The molecule has 0 saturated heterocycles. The van der Waals surface area contributed by atoms with Gasteiger partial charge in [-0.1, -0.05) is 42.8 Å². The molecule has 0 aliphatic heterocycles. The number of ether oxygens (including phenoxy) is 1. The van der Waals surface area contributed by atoms with Crippen LogP contribution in [0.25, 0.3) is 0 Å². The van der Waals surface area contributed by atoms with E-state index in [1.807, 2.05) is 38.1 Å². The second-order valence-corrected chi connectivity index (χ2v) is 9.43. The second-order valence-electron chi connectivity index (χ2n) is 7.52. The summed E-state index contributed by atoms with van der Waals surface area (Å²) in [6.45, 7) is 3.50. The third-order valence-corrected chi connectivity index (χ3v) is 6.23. The third kappa shape index (κ3) is 6.46. The third-order valence-electron chi connectivity index (χ3n) is 5.09. The SMILES string of the molecule is CCC(C(=O)NC)N(Cc1cccc(C)c1)C(=O)CN(c1cccc(OC)c1)S(C)(=O)=O. The lowest BCUT2D eigenvalue weighted by Crippen LogP contribution is -2.51. The maximum Gasteiger partial charge on any atom is 0.244 e. The fourth-order valence-corrected chi connectivity index (χ4v) is 4.31. The first kappa shape index (κ1) is 25.2. The molecule has 0 aromatic heterocycles. The number of aryl methyl sites for hydroxylation is 1. The fraction of sp³-hybridized carbons (Fsp3) is 0.391. The highest BCUT2D eigenvalue weighted by Gasteiger charge is 2.31. The minimum Gasteiger partial charge on any atom is -0.497 e. The first-order valence-corrected chi connectivity index (χ1v) is 12.1. The zero-order valence-corrected chi connectivity index (χ0v) is 20.0. The average molecular weight is 462 g/mol. The summed E-state index contributed by atoms with van der Waals surface area (Å²) in [4.78, 5) is 27.4. The fourth-order valence-electron chi connectivity index (χ4n) is 3.47. The first-order chi connectivity index (χ1) is 15.1. The van der Waals surface area contributed by atoms with Gasteiger partial charge in [0.1, 0.15) is 18.3 Å². The van der Waals surface area contributed by atoms with Crippen LogP contribution in [0.4, 0.5) is 5.69 Å². The highest BCUT2D eigenvalue weighted by molar-refractivity contribution is 7.92. The van der Waals surface area contributed by atoms with Gasteiger partial charge in [0.05, 0.1) is 19.1 Å². The number of likely N-dealkylation sites (N-methyl/N-ethyl adjacent to an activating group) is 1. The molecule has 0 aliphatic carbocycles. The van der Waals surface area contributed by atoms with E-state index in [-0.39, 0.29) is 12.5 Å². The predicted octanol–water partition coefficient (Wildman–Crippen LogP) is 2.32. The molecule has 0 saturated carbocycles. The summed E-state index contributed by atoms with van der Waals surface area (Å²) in [5.74, 6) is -0.312. The Hall–Kier alpha value is -3.07. The number of hydrogen-bond acceptors (Lipinski definition) is 5. The number of rotatable bonds is 10. The zero-order chi connectivity index (χ0) is 23.9. The van der Waals surface area contributed by atoms with Gasteiger partial charge in [0.15, 0.2) is 0 Å². The lowest BCUT2D eigenvalue weighted by Gasteiger charge is -2.32. The molecule has 32 heavy (non-hydrogen) atoms. The van der Waals surface area contributed by atoms with E-state index in [2.05, 4.69) is 5.32 Å². The number of nitrogens with zero attached hydrogens (tertiary/aromatic N) is 2. The van der Waals surface area contributed by atoms with Crippen LogP contribution in [-0.4, -0.2) is 58.1 Å². The van der Waals surface area contributed by atoms with Gasteiger partial charge in [0, 0.05) is 19.7 Å². The Morgan fingerprint density at radius 1 is 1.12 bits per heavy atom. The number of carbonyl (C=O) groups is 2. The number of carbonyl (C=O) groups excluding carboxylic acids is 2. The maximum atomic E-state index is 13.4. The number of nitrogens with one attached hydrogen (secondary N) is 1. The molecule has 174 valence electrons. The molecular weight excluding hydrogens is 430 g/mol. The molecular formula is C23H31N3O5S. The average Bonchev–Trinajstić information content (AvgIpc) is 2.76. The van der Waals surface area contributed by atoms with Crippen LogP contribution in [0.3, 0.4) is 0 Å². The largest absolute Gasteiger partial charge is 0.497 e. The predicted molar refractivity (Wildman–Crippen MR) is 125 cm³/mol. The van der Waals surface area contributed by atoms with Gasteiger partial charge >= 0.3 is 0 Å². The Labute approximate surface area is 190 Å². The lowest BCUT2D eigenvalue weighted by atomic mass is 10.1. The van der Waals surface area contributed by atoms with E-state index in [0.717, 1.165) is 21.7 Å². The van der Waals surface area contributed by atoms with Crippen molar-refractivity contribution in [3.8, 4) is 5.75 Å². The number of amides is 2. The molecule has 2 rings (SSSR count). The minimum absolute atomic E-state index is 0.183. The number of methoxy groups -OCH3 is 1. The Morgan fingerprint density at radius 3 is 2.38 bits per heavy atom. The molecule has 2 amide bonds. The Kier molecular flexibility index (Phi) is 8.65. The highest BCUT2D eigenvalue weighted by atomic mass is 32.2. The Morgan fingerprint density at radius 2 is 1.81 bits per heavy atom. The number of benzene rings is 2. The van der Waals surface area contributed by atoms with Crippen molar-refractivity contribution in [1.82, 2.24) is 10.2 Å². The molecule has 1 atom stereocenters. The van der Waals surface area contributed by atoms with Crippen molar-refractivity contribution >= 4 is 27.5 Å². The monoisotopic (exact) mass is 461 g/mol. The highest BCUT2D eigenvalue weighted by Crippen LogP contribution is 2.24. The van der Waals surface area contributed by atoms with Gasteiger partial charge in [0.25, 0.3) is 0 Å². The first-order valence-electron chi connectivity index (χ1n) is 10.3. The summed E-state index contributed by atoms with van der Waals surface area (Å²) in [6.07, 6.45) is 1.43. The van der Waals surface area contributed by atoms with Gasteiger partial charge in [-0.3, -0.25) is 13.9 Å².